The Hall–Kier alpha value is -3.20. The molecule has 0 N–H and O–H groups in total. The summed E-state index contributed by atoms with van der Waals surface area (Å²) in [6.07, 6.45) is 2.62. The number of hydrogen-bond donors (Lipinski definition) is 0. The van der Waals surface area contributed by atoms with Gasteiger partial charge in [0.25, 0.3) is 0 Å². The second-order valence-electron chi connectivity index (χ2n) is 8.18. The molecule has 0 bridgehead atoms. The maximum atomic E-state index is 14.9. The zero-order valence-corrected chi connectivity index (χ0v) is 16.8. The molecule has 0 unspecified atom stereocenters. The Labute approximate surface area is 169 Å². The van der Waals surface area contributed by atoms with Gasteiger partial charge in [-0.2, -0.15) is 0 Å². The third-order valence-corrected chi connectivity index (χ3v) is 5.45. The van der Waals surface area contributed by atoms with E-state index in [0.717, 1.165) is 56.1 Å². The van der Waals surface area contributed by atoms with E-state index in [4.69, 9.17) is 9.40 Å². The van der Waals surface area contributed by atoms with E-state index in [1.807, 2.05) is 30.5 Å². The molecule has 0 saturated heterocycles. The quantitative estimate of drug-likeness (QED) is 0.323. The molecule has 5 rings (SSSR count). The Bertz CT molecular complexity index is 1380. The minimum atomic E-state index is -0.199. The lowest BCUT2D eigenvalue weighted by atomic mass is 9.94. The van der Waals surface area contributed by atoms with Crippen molar-refractivity contribution in [1.29, 1.82) is 0 Å². The first-order valence-corrected chi connectivity index (χ1v) is 10.0. The summed E-state index contributed by atoms with van der Waals surface area (Å²) in [4.78, 5) is 4.81. The van der Waals surface area contributed by atoms with Gasteiger partial charge in [-0.25, -0.2) is 4.39 Å². The Kier molecular flexibility index (Phi) is 4.13. The van der Waals surface area contributed by atoms with Crippen LogP contribution in [0.15, 0.2) is 65.2 Å². The van der Waals surface area contributed by atoms with E-state index in [1.165, 1.54) is 6.07 Å². The fourth-order valence-corrected chi connectivity index (χ4v) is 4.28. The fraction of sp³-hybridized carbons (Fsp3) is 0.192. The van der Waals surface area contributed by atoms with Crippen LogP contribution in [0, 0.1) is 18.7 Å². The maximum absolute atomic E-state index is 14.9. The normalized spacial score (nSPS) is 11.9. The molecule has 3 aromatic carbocycles. The minimum Gasteiger partial charge on any atom is -0.455 e. The molecule has 0 saturated carbocycles. The molecule has 2 aromatic heterocycles. The average Bonchev–Trinajstić information content (AvgIpc) is 3.06. The minimum absolute atomic E-state index is 0.199. The summed E-state index contributed by atoms with van der Waals surface area (Å²) in [6.45, 7) is 6.35. The number of rotatable bonds is 3. The number of pyridine rings is 1. The third-order valence-electron chi connectivity index (χ3n) is 5.45. The smallest absolute Gasteiger partial charge is 0.144 e. The van der Waals surface area contributed by atoms with Gasteiger partial charge in [0.2, 0.25) is 0 Å². The summed E-state index contributed by atoms with van der Waals surface area (Å²) in [7, 11) is 0. The topological polar surface area (TPSA) is 26.0 Å². The van der Waals surface area contributed by atoms with Crippen LogP contribution < -0.4 is 0 Å². The van der Waals surface area contributed by atoms with Crippen molar-refractivity contribution in [2.45, 2.75) is 27.2 Å². The van der Waals surface area contributed by atoms with Crippen LogP contribution in [-0.4, -0.2) is 4.98 Å². The highest BCUT2D eigenvalue weighted by atomic mass is 19.1. The van der Waals surface area contributed by atoms with Crippen LogP contribution in [0.3, 0.4) is 0 Å². The molecule has 0 atom stereocenters. The van der Waals surface area contributed by atoms with Crippen LogP contribution in [0.1, 0.15) is 25.0 Å². The number of aryl methyl sites for hydroxylation is 1. The average molecular weight is 383 g/mol. The number of furan rings is 1. The molecule has 0 spiro atoms. The lowest BCUT2D eigenvalue weighted by Crippen LogP contribution is -2.00. The molecule has 29 heavy (non-hydrogen) atoms. The summed E-state index contributed by atoms with van der Waals surface area (Å²) >= 11 is 0. The van der Waals surface area contributed by atoms with Gasteiger partial charge >= 0.3 is 0 Å². The Balaban J connectivity index is 1.87. The predicted molar refractivity (Wildman–Crippen MR) is 118 cm³/mol. The molecule has 0 aliphatic carbocycles. The Morgan fingerprint density at radius 3 is 2.59 bits per heavy atom. The van der Waals surface area contributed by atoms with Crippen LogP contribution in [0.5, 0.6) is 0 Å². The molecule has 3 heteroatoms. The van der Waals surface area contributed by atoms with E-state index in [0.29, 0.717) is 11.3 Å². The number of aromatic nitrogens is 1. The van der Waals surface area contributed by atoms with Crippen LogP contribution in [-0.2, 0) is 6.42 Å². The zero-order chi connectivity index (χ0) is 20.1. The van der Waals surface area contributed by atoms with Crippen LogP contribution in [0.4, 0.5) is 4.39 Å². The van der Waals surface area contributed by atoms with Gasteiger partial charge in [-0.1, -0.05) is 44.2 Å². The number of fused-ring (bicyclic) bond motifs is 4. The molecule has 2 heterocycles. The van der Waals surface area contributed by atoms with E-state index in [9.17, 15) is 4.39 Å². The van der Waals surface area contributed by atoms with E-state index >= 15 is 0 Å². The summed E-state index contributed by atoms with van der Waals surface area (Å²) in [5, 5.41) is 3.64. The van der Waals surface area contributed by atoms with Gasteiger partial charge in [0.1, 0.15) is 17.0 Å². The maximum Gasteiger partial charge on any atom is 0.144 e. The molecule has 2 nitrogen and oxygen atoms in total. The Morgan fingerprint density at radius 2 is 1.76 bits per heavy atom. The lowest BCUT2D eigenvalue weighted by molar-refractivity contribution is 0.627. The molecule has 0 aliphatic rings. The van der Waals surface area contributed by atoms with Crippen molar-refractivity contribution in [3.05, 3.63) is 77.7 Å². The monoisotopic (exact) mass is 383 g/mol. The number of benzene rings is 3. The molecule has 0 amide bonds. The summed E-state index contributed by atoms with van der Waals surface area (Å²) in [5.74, 6) is 0.224. The van der Waals surface area contributed by atoms with Crippen LogP contribution >= 0.6 is 0 Å². The van der Waals surface area contributed by atoms with Crippen molar-refractivity contribution in [3.8, 4) is 11.3 Å². The SMILES string of the molecule is Cc1cc(-c2ncc(CC(C)C)c3c(F)cccc23)c2oc3ccccc3c2c1. The van der Waals surface area contributed by atoms with Crippen LogP contribution in [0.2, 0.25) is 0 Å². The van der Waals surface area contributed by atoms with E-state index in [-0.39, 0.29) is 5.82 Å². The van der Waals surface area contributed by atoms with Crippen molar-refractivity contribution < 1.29 is 8.81 Å². The third kappa shape index (κ3) is 2.89. The predicted octanol–water partition coefficient (Wildman–Crippen LogP) is 7.45. The zero-order valence-electron chi connectivity index (χ0n) is 16.8. The van der Waals surface area contributed by atoms with E-state index in [2.05, 4.69) is 39.0 Å². The molecule has 0 fully saturated rings. The molecule has 0 radical (unpaired) electrons. The first-order chi connectivity index (χ1) is 14.0. The van der Waals surface area contributed by atoms with Crippen molar-refractivity contribution in [1.82, 2.24) is 4.98 Å². The van der Waals surface area contributed by atoms with E-state index in [1.54, 1.807) is 6.07 Å². The van der Waals surface area contributed by atoms with Crippen molar-refractivity contribution >= 4 is 32.7 Å². The van der Waals surface area contributed by atoms with Gasteiger partial charge in [0.05, 0.1) is 5.69 Å². The van der Waals surface area contributed by atoms with Gasteiger partial charge in [-0.15, -0.1) is 0 Å². The first kappa shape index (κ1) is 17.9. The number of hydrogen-bond acceptors (Lipinski definition) is 2. The highest BCUT2D eigenvalue weighted by molar-refractivity contribution is 6.12. The largest absolute Gasteiger partial charge is 0.455 e. The van der Waals surface area contributed by atoms with E-state index < -0.39 is 0 Å². The second-order valence-corrected chi connectivity index (χ2v) is 8.18. The second kappa shape index (κ2) is 6.70. The van der Waals surface area contributed by atoms with Gasteiger partial charge in [0, 0.05) is 33.3 Å². The Morgan fingerprint density at radius 1 is 0.966 bits per heavy atom. The van der Waals surface area contributed by atoms with Gasteiger partial charge in [0.15, 0.2) is 0 Å². The van der Waals surface area contributed by atoms with Crippen molar-refractivity contribution in [2.75, 3.05) is 0 Å². The van der Waals surface area contributed by atoms with Gasteiger partial charge < -0.3 is 4.42 Å². The van der Waals surface area contributed by atoms with Crippen LogP contribution in [0.25, 0.3) is 44.0 Å². The number of nitrogens with zero attached hydrogens (tertiary/aromatic N) is 1. The number of halogens is 1. The lowest BCUT2D eigenvalue weighted by Gasteiger charge is -2.13. The van der Waals surface area contributed by atoms with Gasteiger partial charge in [-0.3, -0.25) is 4.98 Å². The first-order valence-electron chi connectivity index (χ1n) is 10.0. The molecular formula is C26H22FNO. The summed E-state index contributed by atoms with van der Waals surface area (Å²) in [5.41, 5.74) is 5.39. The highest BCUT2D eigenvalue weighted by Gasteiger charge is 2.18. The molecule has 0 aliphatic heterocycles. The van der Waals surface area contributed by atoms with Gasteiger partial charge in [-0.05, 0) is 54.7 Å². The van der Waals surface area contributed by atoms with Crippen molar-refractivity contribution in [3.63, 3.8) is 0 Å². The molecule has 5 aromatic rings. The van der Waals surface area contributed by atoms with Crippen molar-refractivity contribution in [2.24, 2.45) is 5.92 Å². The fourth-order valence-electron chi connectivity index (χ4n) is 4.28. The summed E-state index contributed by atoms with van der Waals surface area (Å²) < 4.78 is 21.1. The summed E-state index contributed by atoms with van der Waals surface area (Å²) in [6, 6.07) is 17.5. The molecular weight excluding hydrogens is 361 g/mol. The number of para-hydroxylation sites is 1. The highest BCUT2D eigenvalue weighted by Crippen LogP contribution is 2.39. The standard InChI is InChI=1S/C26H22FNO/c1-15(2)11-17-14-28-25(19-8-6-9-22(27)24(17)19)21-13-16(3)12-20-18-7-4-5-10-23(18)29-26(20)21/h4-10,12-15H,11H2,1-3H3. The molecule has 144 valence electrons.